The molecular weight excluding hydrogens is 682 g/mol. The van der Waals surface area contributed by atoms with Crippen molar-refractivity contribution < 1.29 is 73.1 Å². The third-order valence-corrected chi connectivity index (χ3v) is 7.62. The number of carbonyl (C=O) groups is 7. The Morgan fingerprint density at radius 1 is 1.04 bits per heavy atom. The number of benzene rings is 1. The summed E-state index contributed by atoms with van der Waals surface area (Å²) in [7, 11) is 0. The number of carboxylic acid groups (broad SMARTS) is 2. The van der Waals surface area contributed by atoms with Crippen molar-refractivity contribution in [2.75, 3.05) is 12.3 Å². The molecule has 252 valence electrons. The van der Waals surface area contributed by atoms with Gasteiger partial charge in [0, 0.05) is 29.8 Å². The molecule has 22 nitrogen and oxygen atoms in total. The van der Waals surface area contributed by atoms with Crippen LogP contribution in [0.15, 0.2) is 53.7 Å². The number of nitrogens with two attached hydrogens (primary N) is 1. The molecule has 1 aromatic heterocycles. The number of oxime groups is 1. The van der Waals surface area contributed by atoms with Crippen molar-refractivity contribution >= 4 is 63.9 Å². The number of cyclic esters (lactones) is 1. The first kappa shape index (κ1) is 32.1. The van der Waals surface area contributed by atoms with Gasteiger partial charge in [-0.2, -0.15) is 14.4 Å². The molecule has 0 saturated carbocycles. The van der Waals surface area contributed by atoms with E-state index in [-0.39, 0.29) is 15.1 Å². The number of nitrogens with one attached hydrogen (secondary N) is 1. The first-order chi connectivity index (χ1) is 23.2. The molecule has 7 N–H and O–H groups in total. The Kier molecular flexibility index (Phi) is 7.48. The molecular formula is C26H17N7O15S. The van der Waals surface area contributed by atoms with Gasteiger partial charge in [0.25, 0.3) is 29.2 Å². The van der Waals surface area contributed by atoms with E-state index in [0.717, 1.165) is 36.8 Å². The fraction of sp³-hybridized carbons (Fsp3) is 0.154. The van der Waals surface area contributed by atoms with Gasteiger partial charge in [-0.05, 0) is 12.1 Å². The number of imide groups is 1. The lowest BCUT2D eigenvalue weighted by Gasteiger charge is -2.29. The van der Waals surface area contributed by atoms with Gasteiger partial charge in [0.15, 0.2) is 16.6 Å². The number of phenolic OH excluding ortho intramolecular Hbond substituents is 2. The largest absolute Gasteiger partial charge is 0.504 e. The minimum Gasteiger partial charge on any atom is -0.504 e. The molecule has 0 bridgehead atoms. The van der Waals surface area contributed by atoms with Crippen LogP contribution < -0.4 is 11.1 Å². The minimum absolute atomic E-state index is 0.0738. The SMILES string of the molecule is Nc1nc(/C(=N/OC2(C(=O)O)C=COC=C2)C(=O)N[C@H]2CON(C3(C(=O)O)C=C(N4C(=O)c5cc(O)c(O)cc5C4=O)C(=O)O3)C2=O)ns1. The summed E-state index contributed by atoms with van der Waals surface area (Å²) < 4.78 is 13.6. The van der Waals surface area contributed by atoms with E-state index in [1.165, 1.54) is 0 Å². The fourth-order valence-electron chi connectivity index (χ4n) is 4.67. The van der Waals surface area contributed by atoms with E-state index in [9.17, 15) is 54.0 Å². The standard InChI is InChI=1S/C26H17N7O15S/c27-24-29-16(31-49-24)15(30-48-25(22(41)42)1-3-45-4-2-25)17(36)28-11-8-46-33(20(11)39)26(23(43)44)7-12(21(40)47-26)32-18(37)9-5-13(34)14(35)6-10(9)19(32)38/h1-7,11,34-35H,8H2,(H,28,36)(H,41,42)(H,43,44)(H2,27,29,31)/b30-15-/t11-,26?/m0/s1. The molecule has 4 aliphatic heterocycles. The second-order valence-corrected chi connectivity index (χ2v) is 10.8. The average molecular weight is 700 g/mol. The summed E-state index contributed by atoms with van der Waals surface area (Å²) in [4.78, 5) is 105. The second-order valence-electron chi connectivity index (χ2n) is 10.0. The lowest BCUT2D eigenvalue weighted by atomic mass is 10.0. The van der Waals surface area contributed by atoms with Gasteiger partial charge < -0.3 is 45.8 Å². The molecule has 1 fully saturated rings. The van der Waals surface area contributed by atoms with E-state index in [0.29, 0.717) is 17.6 Å². The number of esters is 1. The minimum atomic E-state index is -3.11. The van der Waals surface area contributed by atoms with Gasteiger partial charge in [0.1, 0.15) is 18.3 Å². The summed E-state index contributed by atoms with van der Waals surface area (Å²) in [5, 5.41) is 45.0. The number of aromatic nitrogens is 2. The lowest BCUT2D eigenvalue weighted by molar-refractivity contribution is -0.246. The van der Waals surface area contributed by atoms with Crippen LogP contribution in [0.2, 0.25) is 0 Å². The van der Waals surface area contributed by atoms with Crippen LogP contribution in [0.3, 0.4) is 0 Å². The zero-order valence-electron chi connectivity index (χ0n) is 23.8. The maximum Gasteiger partial charge on any atom is 0.377 e. The van der Waals surface area contributed by atoms with Crippen LogP contribution >= 0.6 is 11.5 Å². The maximum absolute atomic E-state index is 13.4. The highest BCUT2D eigenvalue weighted by atomic mass is 32.1. The summed E-state index contributed by atoms with van der Waals surface area (Å²) in [5.41, 5.74) is -2.34. The number of anilines is 1. The van der Waals surface area contributed by atoms with E-state index < -0.39 is 105 Å². The average Bonchev–Trinajstić information content (AvgIpc) is 3.80. The molecule has 5 heterocycles. The molecule has 1 aromatic carbocycles. The number of rotatable bonds is 9. The highest BCUT2D eigenvalue weighted by Crippen LogP contribution is 2.39. The molecule has 23 heteroatoms. The van der Waals surface area contributed by atoms with Crippen LogP contribution in [0, 0.1) is 0 Å². The Hall–Kier alpha value is -6.88. The Labute approximate surface area is 273 Å². The van der Waals surface area contributed by atoms with Crippen LogP contribution in [0.1, 0.15) is 26.5 Å². The van der Waals surface area contributed by atoms with Gasteiger partial charge >= 0.3 is 23.6 Å². The van der Waals surface area contributed by atoms with Crippen molar-refractivity contribution in [3.8, 4) is 11.5 Å². The molecule has 1 unspecified atom stereocenters. The summed E-state index contributed by atoms with van der Waals surface area (Å²) in [6, 6.07) is -0.206. The number of aliphatic carboxylic acids is 2. The number of nitrogens with zero attached hydrogens (tertiary/aromatic N) is 5. The van der Waals surface area contributed by atoms with E-state index in [4.69, 9.17) is 24.9 Å². The molecule has 0 spiro atoms. The van der Waals surface area contributed by atoms with Gasteiger partial charge in [-0.3, -0.25) is 24.0 Å². The Bertz CT molecular complexity index is 1970. The van der Waals surface area contributed by atoms with E-state index in [2.05, 4.69) is 19.8 Å². The topological polar surface area (TPSA) is 320 Å². The fourth-order valence-corrected chi connectivity index (χ4v) is 5.11. The zero-order valence-corrected chi connectivity index (χ0v) is 24.6. The summed E-state index contributed by atoms with van der Waals surface area (Å²) >= 11 is 0.628. The van der Waals surface area contributed by atoms with Crippen molar-refractivity contribution in [3.05, 3.63) is 65.5 Å². The van der Waals surface area contributed by atoms with Crippen LogP contribution in [0.5, 0.6) is 11.5 Å². The van der Waals surface area contributed by atoms with Gasteiger partial charge in [0.2, 0.25) is 11.5 Å². The van der Waals surface area contributed by atoms with Gasteiger partial charge in [-0.15, -0.1) is 0 Å². The number of nitrogen functional groups attached to an aromatic ring is 1. The van der Waals surface area contributed by atoms with Crippen LogP contribution in [0.4, 0.5) is 5.13 Å². The van der Waals surface area contributed by atoms with Crippen molar-refractivity contribution in [3.63, 3.8) is 0 Å². The van der Waals surface area contributed by atoms with E-state index in [1.807, 2.05) is 0 Å². The second kappa shape index (κ2) is 11.4. The van der Waals surface area contributed by atoms with Crippen molar-refractivity contribution in [1.82, 2.24) is 24.6 Å². The van der Waals surface area contributed by atoms with Crippen LogP contribution in [0.25, 0.3) is 0 Å². The first-order valence-corrected chi connectivity index (χ1v) is 14.0. The predicted octanol–water partition coefficient (Wildman–Crippen LogP) is -2.09. The number of hydrogen-bond donors (Lipinski definition) is 6. The Balaban J connectivity index is 1.26. The molecule has 2 atom stereocenters. The Morgan fingerprint density at radius 3 is 2.22 bits per heavy atom. The normalized spacial score (nSPS) is 22.5. The Morgan fingerprint density at radius 2 is 1.67 bits per heavy atom. The van der Waals surface area contributed by atoms with Crippen molar-refractivity contribution in [2.45, 2.75) is 17.4 Å². The molecule has 0 radical (unpaired) electrons. The number of hydrogen-bond acceptors (Lipinski definition) is 18. The molecule has 6 rings (SSSR count). The van der Waals surface area contributed by atoms with Gasteiger partial charge in [-0.25, -0.2) is 19.3 Å². The molecule has 49 heavy (non-hydrogen) atoms. The van der Waals surface area contributed by atoms with Crippen molar-refractivity contribution in [1.29, 1.82) is 0 Å². The molecule has 1 saturated heterocycles. The number of amides is 4. The lowest BCUT2D eigenvalue weighted by Crippen LogP contribution is -2.56. The number of carbonyl (C=O) groups excluding carboxylic acids is 5. The molecule has 2 aromatic rings. The third-order valence-electron chi connectivity index (χ3n) is 7.07. The third kappa shape index (κ3) is 5.10. The first-order valence-electron chi connectivity index (χ1n) is 13.2. The summed E-state index contributed by atoms with van der Waals surface area (Å²) in [6.07, 6.45) is 4.31. The highest BCUT2D eigenvalue weighted by Gasteiger charge is 2.61. The number of phenols is 2. The zero-order chi connectivity index (χ0) is 35.4. The van der Waals surface area contributed by atoms with Gasteiger partial charge in [0.05, 0.1) is 23.7 Å². The maximum atomic E-state index is 13.4. The van der Waals surface area contributed by atoms with E-state index >= 15 is 0 Å². The monoisotopic (exact) mass is 699 g/mol. The van der Waals surface area contributed by atoms with E-state index in [1.54, 1.807) is 0 Å². The smallest absolute Gasteiger partial charge is 0.377 e. The predicted molar refractivity (Wildman–Crippen MR) is 151 cm³/mol. The van der Waals surface area contributed by atoms with Crippen molar-refractivity contribution in [2.24, 2.45) is 5.16 Å². The van der Waals surface area contributed by atoms with Crippen LogP contribution in [-0.2, 0) is 43.1 Å². The number of aromatic hydroxyl groups is 2. The van der Waals surface area contributed by atoms with Crippen LogP contribution in [-0.4, -0.2) is 111 Å². The summed E-state index contributed by atoms with van der Waals surface area (Å²) in [5.74, 6) is -12.1. The molecule has 4 aliphatic rings. The number of ether oxygens (including phenoxy) is 2. The van der Waals surface area contributed by atoms with Gasteiger partial charge in [-0.1, -0.05) is 5.16 Å². The number of fused-ring (bicyclic) bond motifs is 1. The molecule has 0 aliphatic carbocycles. The molecule has 4 amide bonds. The quantitative estimate of drug-likeness (QED) is 0.0537. The number of carboxylic acids is 2. The number of hydroxylamine groups is 2. The summed E-state index contributed by atoms with van der Waals surface area (Å²) in [6.45, 7) is -0.769. The highest BCUT2D eigenvalue weighted by molar-refractivity contribution is 7.09.